The molecule has 2 heterocycles. The van der Waals surface area contributed by atoms with Crippen molar-refractivity contribution >= 4 is 23.2 Å². The third kappa shape index (κ3) is 3.28. The first kappa shape index (κ1) is 14.6. The summed E-state index contributed by atoms with van der Waals surface area (Å²) in [6.07, 6.45) is 5.72. The van der Waals surface area contributed by atoms with E-state index in [-0.39, 0.29) is 24.4 Å². The van der Waals surface area contributed by atoms with E-state index in [4.69, 9.17) is 0 Å². The van der Waals surface area contributed by atoms with Gasteiger partial charge in [-0.3, -0.25) is 9.59 Å². The van der Waals surface area contributed by atoms with Gasteiger partial charge in [0.15, 0.2) is 0 Å². The van der Waals surface area contributed by atoms with E-state index in [1.165, 1.54) is 24.1 Å². The SMILES string of the molecule is Cc1ccc(CN2CC(=O)NC(C3CCCCC3)C2=O)s1. The Labute approximate surface area is 129 Å². The normalized spacial score (nSPS) is 24.2. The molecule has 1 aromatic heterocycles. The van der Waals surface area contributed by atoms with Crippen molar-refractivity contribution in [1.29, 1.82) is 0 Å². The number of carbonyl (C=O) groups excluding carboxylic acids is 2. The Kier molecular flexibility index (Phi) is 4.29. The van der Waals surface area contributed by atoms with Crippen LogP contribution in [0.3, 0.4) is 0 Å². The van der Waals surface area contributed by atoms with Crippen molar-refractivity contribution in [2.24, 2.45) is 5.92 Å². The molecule has 1 aliphatic carbocycles. The lowest BCUT2D eigenvalue weighted by molar-refractivity contribution is -0.146. The summed E-state index contributed by atoms with van der Waals surface area (Å²) < 4.78 is 0. The fourth-order valence-corrected chi connectivity index (χ4v) is 4.31. The lowest BCUT2D eigenvalue weighted by Crippen LogP contribution is -2.60. The Morgan fingerprint density at radius 1 is 1.24 bits per heavy atom. The number of hydrogen-bond donors (Lipinski definition) is 1. The summed E-state index contributed by atoms with van der Waals surface area (Å²) in [6.45, 7) is 2.82. The van der Waals surface area contributed by atoms with Gasteiger partial charge in [-0.2, -0.15) is 0 Å². The standard InChI is InChI=1S/C16H22N2O2S/c1-11-7-8-13(21-11)9-18-10-14(19)17-15(16(18)20)12-5-3-2-4-6-12/h7-8,12,15H,2-6,9-10H2,1H3,(H,17,19). The summed E-state index contributed by atoms with van der Waals surface area (Å²) in [7, 11) is 0. The molecule has 21 heavy (non-hydrogen) atoms. The van der Waals surface area contributed by atoms with Gasteiger partial charge in [-0.05, 0) is 37.8 Å². The van der Waals surface area contributed by atoms with Crippen LogP contribution in [0.5, 0.6) is 0 Å². The van der Waals surface area contributed by atoms with Crippen LogP contribution in [0, 0.1) is 12.8 Å². The van der Waals surface area contributed by atoms with Crippen molar-refractivity contribution in [1.82, 2.24) is 10.2 Å². The lowest BCUT2D eigenvalue weighted by Gasteiger charge is -2.37. The molecule has 1 aliphatic heterocycles. The third-order valence-electron chi connectivity index (χ3n) is 4.49. The quantitative estimate of drug-likeness (QED) is 0.932. The van der Waals surface area contributed by atoms with Crippen molar-refractivity contribution in [2.75, 3.05) is 6.54 Å². The van der Waals surface area contributed by atoms with Crippen LogP contribution in [0.4, 0.5) is 0 Å². The van der Waals surface area contributed by atoms with Gasteiger partial charge in [0.1, 0.15) is 6.04 Å². The molecule has 5 heteroatoms. The zero-order valence-electron chi connectivity index (χ0n) is 12.4. The molecule has 1 aromatic rings. The molecule has 1 unspecified atom stereocenters. The van der Waals surface area contributed by atoms with Crippen molar-refractivity contribution < 1.29 is 9.59 Å². The number of aryl methyl sites for hydroxylation is 1. The van der Waals surface area contributed by atoms with Crippen LogP contribution < -0.4 is 5.32 Å². The highest BCUT2D eigenvalue weighted by Gasteiger charge is 2.38. The van der Waals surface area contributed by atoms with E-state index in [1.54, 1.807) is 16.2 Å². The van der Waals surface area contributed by atoms with Gasteiger partial charge in [-0.15, -0.1) is 11.3 Å². The molecule has 2 aliphatic rings. The number of nitrogens with zero attached hydrogens (tertiary/aromatic N) is 1. The van der Waals surface area contributed by atoms with Gasteiger partial charge in [-0.1, -0.05) is 19.3 Å². The van der Waals surface area contributed by atoms with Crippen LogP contribution in [0.2, 0.25) is 0 Å². The topological polar surface area (TPSA) is 49.4 Å². The minimum Gasteiger partial charge on any atom is -0.342 e. The predicted molar refractivity (Wildman–Crippen MR) is 83.0 cm³/mol. The molecule has 0 bridgehead atoms. The van der Waals surface area contributed by atoms with E-state index in [0.29, 0.717) is 12.5 Å². The number of thiophene rings is 1. The number of amides is 2. The van der Waals surface area contributed by atoms with Crippen molar-refractivity contribution in [3.8, 4) is 0 Å². The van der Waals surface area contributed by atoms with E-state index in [9.17, 15) is 9.59 Å². The molecule has 0 aromatic carbocycles. The minimum atomic E-state index is -0.299. The van der Waals surface area contributed by atoms with E-state index in [0.717, 1.165) is 17.7 Å². The summed E-state index contributed by atoms with van der Waals surface area (Å²) in [5, 5.41) is 2.93. The number of hydrogen-bond acceptors (Lipinski definition) is 3. The molecule has 2 amide bonds. The van der Waals surface area contributed by atoms with Crippen LogP contribution in [0.25, 0.3) is 0 Å². The average molecular weight is 306 g/mol. The number of rotatable bonds is 3. The molecule has 4 nitrogen and oxygen atoms in total. The average Bonchev–Trinajstić information content (AvgIpc) is 2.89. The largest absolute Gasteiger partial charge is 0.342 e. The Hall–Kier alpha value is -1.36. The highest BCUT2D eigenvalue weighted by molar-refractivity contribution is 7.11. The zero-order valence-corrected chi connectivity index (χ0v) is 13.2. The van der Waals surface area contributed by atoms with Crippen LogP contribution >= 0.6 is 11.3 Å². The van der Waals surface area contributed by atoms with Crippen LogP contribution in [-0.2, 0) is 16.1 Å². The van der Waals surface area contributed by atoms with Gasteiger partial charge < -0.3 is 10.2 Å². The van der Waals surface area contributed by atoms with Crippen molar-refractivity contribution in [2.45, 2.75) is 51.6 Å². The summed E-state index contributed by atoms with van der Waals surface area (Å²) in [4.78, 5) is 28.8. The Balaban J connectivity index is 1.71. The van der Waals surface area contributed by atoms with Crippen LogP contribution in [0.15, 0.2) is 12.1 Å². The Morgan fingerprint density at radius 2 is 2.00 bits per heavy atom. The van der Waals surface area contributed by atoms with Crippen LogP contribution in [0.1, 0.15) is 41.9 Å². The Bertz CT molecular complexity index is 534. The summed E-state index contributed by atoms with van der Waals surface area (Å²) in [6, 6.07) is 3.82. The first-order valence-electron chi connectivity index (χ1n) is 7.77. The maximum Gasteiger partial charge on any atom is 0.246 e. The second kappa shape index (κ2) is 6.18. The van der Waals surface area contributed by atoms with E-state index in [2.05, 4.69) is 24.4 Å². The highest BCUT2D eigenvalue weighted by atomic mass is 32.1. The molecule has 3 rings (SSSR count). The van der Waals surface area contributed by atoms with E-state index < -0.39 is 0 Å². The smallest absolute Gasteiger partial charge is 0.246 e. The molecular weight excluding hydrogens is 284 g/mol. The van der Waals surface area contributed by atoms with Gasteiger partial charge >= 0.3 is 0 Å². The molecule has 2 fully saturated rings. The number of carbonyl (C=O) groups is 2. The van der Waals surface area contributed by atoms with Crippen molar-refractivity contribution in [3.63, 3.8) is 0 Å². The zero-order chi connectivity index (χ0) is 14.8. The van der Waals surface area contributed by atoms with Gasteiger partial charge in [0, 0.05) is 9.75 Å². The maximum atomic E-state index is 12.7. The van der Waals surface area contributed by atoms with Gasteiger partial charge in [0.25, 0.3) is 0 Å². The van der Waals surface area contributed by atoms with E-state index >= 15 is 0 Å². The summed E-state index contributed by atoms with van der Waals surface area (Å²) in [5.74, 6) is 0.411. The molecule has 1 saturated carbocycles. The van der Waals surface area contributed by atoms with Crippen molar-refractivity contribution in [3.05, 3.63) is 21.9 Å². The molecule has 1 N–H and O–H groups in total. The molecular formula is C16H22N2O2S. The molecule has 114 valence electrons. The third-order valence-corrected chi connectivity index (χ3v) is 5.48. The first-order valence-corrected chi connectivity index (χ1v) is 8.58. The van der Waals surface area contributed by atoms with E-state index in [1.807, 2.05) is 0 Å². The lowest BCUT2D eigenvalue weighted by atomic mass is 9.82. The molecule has 1 atom stereocenters. The minimum absolute atomic E-state index is 0.0153. The predicted octanol–water partition coefficient (Wildman–Crippen LogP) is 2.46. The molecule has 0 spiro atoms. The highest BCUT2D eigenvalue weighted by Crippen LogP contribution is 2.29. The maximum absolute atomic E-state index is 12.7. The Morgan fingerprint density at radius 3 is 2.67 bits per heavy atom. The van der Waals surface area contributed by atoms with Crippen LogP contribution in [-0.4, -0.2) is 29.3 Å². The van der Waals surface area contributed by atoms with Gasteiger partial charge in [0.05, 0.1) is 13.1 Å². The first-order chi connectivity index (χ1) is 10.1. The second-order valence-corrected chi connectivity index (χ2v) is 7.52. The fourth-order valence-electron chi connectivity index (χ4n) is 3.41. The monoisotopic (exact) mass is 306 g/mol. The summed E-state index contributed by atoms with van der Waals surface area (Å²) >= 11 is 1.70. The second-order valence-electron chi connectivity index (χ2n) is 6.15. The van der Waals surface area contributed by atoms with Gasteiger partial charge in [-0.25, -0.2) is 0 Å². The number of piperazine rings is 1. The number of nitrogens with one attached hydrogen (secondary N) is 1. The molecule has 0 radical (unpaired) electrons. The molecule has 1 saturated heterocycles. The van der Waals surface area contributed by atoms with Gasteiger partial charge in [0.2, 0.25) is 11.8 Å². The summed E-state index contributed by atoms with van der Waals surface area (Å²) in [5.41, 5.74) is 0. The fraction of sp³-hybridized carbons (Fsp3) is 0.625.